The van der Waals surface area contributed by atoms with Crippen molar-refractivity contribution in [3.63, 3.8) is 0 Å². The standard InChI is InChI=1S/C15H14N2O4/c1-10-3-4-11(9-14(10)17(20)21)15(19)16(2)12-5-7-13(18)8-6-12/h3-9,18H,1-2H3. The number of carbonyl (C=O) groups is 1. The second-order valence-corrected chi connectivity index (χ2v) is 4.64. The van der Waals surface area contributed by atoms with Crippen LogP contribution in [0.1, 0.15) is 15.9 Å². The third kappa shape index (κ3) is 3.00. The fourth-order valence-electron chi connectivity index (χ4n) is 1.93. The van der Waals surface area contributed by atoms with E-state index in [2.05, 4.69) is 0 Å². The van der Waals surface area contributed by atoms with Crippen molar-refractivity contribution < 1.29 is 14.8 Å². The molecule has 108 valence electrons. The van der Waals surface area contributed by atoms with E-state index in [4.69, 9.17) is 0 Å². The van der Waals surface area contributed by atoms with Crippen LogP contribution in [0.25, 0.3) is 0 Å². The first-order valence-electron chi connectivity index (χ1n) is 6.22. The molecule has 1 amide bonds. The third-order valence-electron chi connectivity index (χ3n) is 3.19. The van der Waals surface area contributed by atoms with E-state index in [9.17, 15) is 20.0 Å². The van der Waals surface area contributed by atoms with Crippen molar-refractivity contribution in [3.05, 3.63) is 63.7 Å². The monoisotopic (exact) mass is 286 g/mol. The number of anilines is 1. The zero-order chi connectivity index (χ0) is 15.6. The molecule has 0 aliphatic rings. The number of nitrogens with zero attached hydrogens (tertiary/aromatic N) is 2. The number of amides is 1. The largest absolute Gasteiger partial charge is 0.508 e. The second kappa shape index (κ2) is 5.62. The van der Waals surface area contributed by atoms with Crippen molar-refractivity contribution in [3.8, 4) is 5.75 Å². The van der Waals surface area contributed by atoms with Crippen molar-refractivity contribution in [2.75, 3.05) is 11.9 Å². The molecule has 2 aromatic carbocycles. The maximum atomic E-state index is 12.4. The molecule has 21 heavy (non-hydrogen) atoms. The Hall–Kier alpha value is -2.89. The summed E-state index contributed by atoms with van der Waals surface area (Å²) in [5.74, 6) is -0.255. The number of aromatic hydroxyl groups is 1. The number of carbonyl (C=O) groups excluding carboxylic acids is 1. The lowest BCUT2D eigenvalue weighted by Crippen LogP contribution is -2.26. The topological polar surface area (TPSA) is 83.7 Å². The highest BCUT2D eigenvalue weighted by Gasteiger charge is 2.18. The zero-order valence-electron chi connectivity index (χ0n) is 11.6. The highest BCUT2D eigenvalue weighted by Crippen LogP contribution is 2.23. The van der Waals surface area contributed by atoms with Gasteiger partial charge in [0.2, 0.25) is 0 Å². The molecule has 1 N–H and O–H groups in total. The lowest BCUT2D eigenvalue weighted by atomic mass is 10.1. The average Bonchev–Trinajstić information content (AvgIpc) is 2.46. The number of rotatable bonds is 3. The third-order valence-corrected chi connectivity index (χ3v) is 3.19. The first-order valence-corrected chi connectivity index (χ1v) is 6.22. The molecule has 6 heteroatoms. The minimum absolute atomic E-state index is 0.0834. The van der Waals surface area contributed by atoms with Crippen LogP contribution in [0, 0.1) is 17.0 Å². The summed E-state index contributed by atoms with van der Waals surface area (Å²) >= 11 is 0. The van der Waals surface area contributed by atoms with Crippen LogP contribution in [0.15, 0.2) is 42.5 Å². The van der Waals surface area contributed by atoms with Gasteiger partial charge < -0.3 is 10.0 Å². The molecule has 0 radical (unpaired) electrons. The Bertz CT molecular complexity index is 695. The van der Waals surface area contributed by atoms with Gasteiger partial charge in [-0.25, -0.2) is 0 Å². The van der Waals surface area contributed by atoms with Gasteiger partial charge in [0.25, 0.3) is 11.6 Å². The first kappa shape index (κ1) is 14.5. The predicted octanol–water partition coefficient (Wildman–Crippen LogP) is 2.89. The highest BCUT2D eigenvalue weighted by molar-refractivity contribution is 6.06. The maximum Gasteiger partial charge on any atom is 0.273 e. The zero-order valence-corrected chi connectivity index (χ0v) is 11.6. The average molecular weight is 286 g/mol. The molecule has 6 nitrogen and oxygen atoms in total. The number of phenolic OH excluding ortho intramolecular Hbond substituents is 1. The summed E-state index contributed by atoms with van der Waals surface area (Å²) in [7, 11) is 1.57. The minimum Gasteiger partial charge on any atom is -0.508 e. The van der Waals surface area contributed by atoms with Crippen LogP contribution < -0.4 is 4.90 Å². The quantitative estimate of drug-likeness (QED) is 0.694. The number of benzene rings is 2. The summed E-state index contributed by atoms with van der Waals surface area (Å²) < 4.78 is 0. The predicted molar refractivity (Wildman–Crippen MR) is 78.7 cm³/mol. The van der Waals surface area contributed by atoms with E-state index in [1.54, 1.807) is 38.2 Å². The lowest BCUT2D eigenvalue weighted by Gasteiger charge is -2.17. The number of hydrogen-bond acceptors (Lipinski definition) is 4. The molecule has 0 aliphatic heterocycles. The first-order chi connectivity index (χ1) is 9.90. The molecule has 2 aromatic rings. The smallest absolute Gasteiger partial charge is 0.273 e. The van der Waals surface area contributed by atoms with Crippen LogP contribution >= 0.6 is 0 Å². The summed E-state index contributed by atoms with van der Waals surface area (Å²) in [6.07, 6.45) is 0. The van der Waals surface area contributed by atoms with Gasteiger partial charge in [-0.3, -0.25) is 14.9 Å². The van der Waals surface area contributed by atoms with Crippen LogP contribution in [0.3, 0.4) is 0 Å². The normalized spacial score (nSPS) is 10.2. The molecule has 0 atom stereocenters. The second-order valence-electron chi connectivity index (χ2n) is 4.64. The van der Waals surface area contributed by atoms with Gasteiger partial charge >= 0.3 is 0 Å². The molecule has 0 saturated carbocycles. The fraction of sp³-hybridized carbons (Fsp3) is 0.133. The van der Waals surface area contributed by atoms with E-state index >= 15 is 0 Å². The summed E-state index contributed by atoms with van der Waals surface area (Å²) in [6, 6.07) is 10.5. The van der Waals surface area contributed by atoms with Crippen molar-refractivity contribution in [1.82, 2.24) is 0 Å². The van der Waals surface area contributed by atoms with Crippen molar-refractivity contribution in [1.29, 1.82) is 0 Å². The van der Waals surface area contributed by atoms with Gasteiger partial charge in [-0.2, -0.15) is 0 Å². The summed E-state index contributed by atoms with van der Waals surface area (Å²) in [6.45, 7) is 1.62. The van der Waals surface area contributed by atoms with Gasteiger partial charge in [0.05, 0.1) is 4.92 Å². The van der Waals surface area contributed by atoms with Gasteiger partial charge in [0.1, 0.15) is 5.75 Å². The molecule has 0 spiro atoms. The molecule has 0 unspecified atom stereocenters. The number of nitro groups is 1. The van der Waals surface area contributed by atoms with E-state index in [0.717, 1.165) is 0 Å². The van der Waals surface area contributed by atoms with Gasteiger partial charge in [0, 0.05) is 29.9 Å². The Morgan fingerprint density at radius 3 is 2.38 bits per heavy atom. The Labute approximate surface area is 121 Å². The highest BCUT2D eigenvalue weighted by atomic mass is 16.6. The van der Waals surface area contributed by atoms with Gasteiger partial charge in [-0.15, -0.1) is 0 Å². The van der Waals surface area contributed by atoms with E-state index in [1.165, 1.54) is 23.1 Å². The Morgan fingerprint density at radius 2 is 1.81 bits per heavy atom. The molecule has 0 aliphatic carbocycles. The molecule has 0 bridgehead atoms. The van der Waals surface area contributed by atoms with Gasteiger partial charge in [0.15, 0.2) is 0 Å². The Kier molecular flexibility index (Phi) is 3.89. The van der Waals surface area contributed by atoms with E-state index < -0.39 is 4.92 Å². The molecular weight excluding hydrogens is 272 g/mol. The van der Waals surface area contributed by atoms with E-state index in [-0.39, 0.29) is 22.9 Å². The molecule has 0 fully saturated rings. The number of phenols is 1. The van der Waals surface area contributed by atoms with Crippen molar-refractivity contribution in [2.45, 2.75) is 6.92 Å². The van der Waals surface area contributed by atoms with Gasteiger partial charge in [-0.1, -0.05) is 6.07 Å². The van der Waals surface area contributed by atoms with Crippen LogP contribution in [0.2, 0.25) is 0 Å². The minimum atomic E-state index is -0.507. The fourth-order valence-corrected chi connectivity index (χ4v) is 1.93. The maximum absolute atomic E-state index is 12.4. The Balaban J connectivity index is 2.33. The molecule has 0 saturated heterocycles. The van der Waals surface area contributed by atoms with E-state index in [0.29, 0.717) is 11.3 Å². The van der Waals surface area contributed by atoms with E-state index in [1.807, 2.05) is 0 Å². The number of aryl methyl sites for hydroxylation is 1. The van der Waals surface area contributed by atoms with Crippen molar-refractivity contribution in [2.24, 2.45) is 0 Å². The van der Waals surface area contributed by atoms with Crippen LogP contribution in [0.5, 0.6) is 5.75 Å². The lowest BCUT2D eigenvalue weighted by molar-refractivity contribution is -0.385. The summed E-state index contributed by atoms with van der Waals surface area (Å²) in [4.78, 5) is 24.1. The molecule has 0 aromatic heterocycles. The molecule has 0 heterocycles. The van der Waals surface area contributed by atoms with Gasteiger partial charge in [-0.05, 0) is 37.3 Å². The summed E-state index contributed by atoms with van der Waals surface area (Å²) in [5.41, 5.74) is 1.24. The summed E-state index contributed by atoms with van der Waals surface area (Å²) in [5, 5.41) is 20.2. The number of nitro benzene ring substituents is 1. The number of hydrogen-bond donors (Lipinski definition) is 1. The van der Waals surface area contributed by atoms with Crippen molar-refractivity contribution >= 4 is 17.3 Å². The van der Waals surface area contributed by atoms with Crippen LogP contribution in [-0.4, -0.2) is 23.0 Å². The SMILES string of the molecule is Cc1ccc(C(=O)N(C)c2ccc(O)cc2)cc1[N+](=O)[O-]. The van der Waals surface area contributed by atoms with Crippen LogP contribution in [-0.2, 0) is 0 Å². The van der Waals surface area contributed by atoms with Crippen LogP contribution in [0.4, 0.5) is 11.4 Å². The molecule has 2 rings (SSSR count). The molecular formula is C15H14N2O4. The Morgan fingerprint density at radius 1 is 1.19 bits per heavy atom.